The van der Waals surface area contributed by atoms with E-state index in [1.165, 1.54) is 5.56 Å². The molecule has 0 radical (unpaired) electrons. The van der Waals surface area contributed by atoms with E-state index in [-0.39, 0.29) is 24.1 Å². The summed E-state index contributed by atoms with van der Waals surface area (Å²) in [6, 6.07) is 19.3. The van der Waals surface area contributed by atoms with Gasteiger partial charge in [-0.2, -0.15) is 0 Å². The first-order valence-electron chi connectivity index (χ1n) is 11.2. The summed E-state index contributed by atoms with van der Waals surface area (Å²) in [6.07, 6.45) is 4.30. The maximum Gasteiger partial charge on any atom is 0.294 e. The van der Waals surface area contributed by atoms with Gasteiger partial charge in [0.2, 0.25) is 20.7 Å². The Bertz CT molecular complexity index is 1300. The fraction of sp³-hybridized carbons (Fsp3) is 0.320. The Kier molecular flexibility index (Phi) is 7.12. The Morgan fingerprint density at radius 1 is 1.03 bits per heavy atom. The lowest BCUT2D eigenvalue weighted by atomic mass is 9.82. The van der Waals surface area contributed by atoms with Crippen LogP contribution in [0.1, 0.15) is 53.2 Å². The van der Waals surface area contributed by atoms with Crippen molar-refractivity contribution in [3.05, 3.63) is 87.8 Å². The van der Waals surface area contributed by atoms with Crippen LogP contribution in [0.5, 0.6) is 5.75 Å². The molecule has 1 amide bonds. The maximum absolute atomic E-state index is 13.1. The van der Waals surface area contributed by atoms with Crippen molar-refractivity contribution in [2.24, 2.45) is 0 Å². The number of sulfone groups is 1. The summed E-state index contributed by atoms with van der Waals surface area (Å²) >= 11 is 0. The smallest absolute Gasteiger partial charge is 0.294 e. The zero-order chi connectivity index (χ0) is 24.1. The molecule has 1 aromatic heterocycles. The molecule has 9 heteroatoms. The standard InChI is InChI=1S/C25H27N3O5S/c1-34(31,32)25-27-21(22(24(30)28-25)33-16-17-8-4-2-5-9-17)23(29)26-20-14-12-19(13-15-20)18-10-6-3-7-11-18/h2-11,19-20H,12-16H2,1H3,(H,26,29)(H,27,28,30)/t19-,20+. The van der Waals surface area contributed by atoms with Gasteiger partial charge in [-0.25, -0.2) is 13.4 Å². The zero-order valence-corrected chi connectivity index (χ0v) is 19.7. The van der Waals surface area contributed by atoms with Crippen molar-refractivity contribution in [3.63, 3.8) is 0 Å². The van der Waals surface area contributed by atoms with Crippen molar-refractivity contribution in [1.29, 1.82) is 0 Å². The summed E-state index contributed by atoms with van der Waals surface area (Å²) in [5, 5.41) is 2.36. The first-order valence-corrected chi connectivity index (χ1v) is 13.1. The van der Waals surface area contributed by atoms with E-state index >= 15 is 0 Å². The molecular weight excluding hydrogens is 454 g/mol. The van der Waals surface area contributed by atoms with Gasteiger partial charge in [-0.3, -0.25) is 14.6 Å². The van der Waals surface area contributed by atoms with Gasteiger partial charge < -0.3 is 10.1 Å². The van der Waals surface area contributed by atoms with Crippen molar-refractivity contribution >= 4 is 15.7 Å². The lowest BCUT2D eigenvalue weighted by Gasteiger charge is -2.29. The molecule has 8 nitrogen and oxygen atoms in total. The average molecular weight is 482 g/mol. The molecule has 0 aliphatic heterocycles. The third-order valence-corrected chi connectivity index (χ3v) is 6.88. The highest BCUT2D eigenvalue weighted by atomic mass is 32.2. The number of aromatic nitrogens is 2. The third kappa shape index (κ3) is 5.72. The topological polar surface area (TPSA) is 118 Å². The number of hydrogen-bond acceptors (Lipinski definition) is 6. The molecule has 3 aromatic rings. The molecule has 34 heavy (non-hydrogen) atoms. The van der Waals surface area contributed by atoms with E-state index < -0.39 is 26.5 Å². The maximum atomic E-state index is 13.1. The minimum Gasteiger partial charge on any atom is -0.481 e. The molecule has 1 aliphatic carbocycles. The Balaban J connectivity index is 1.52. The first-order chi connectivity index (χ1) is 16.3. The van der Waals surface area contributed by atoms with E-state index in [1.807, 2.05) is 48.5 Å². The van der Waals surface area contributed by atoms with Crippen molar-refractivity contribution in [3.8, 4) is 5.75 Å². The average Bonchev–Trinajstić information content (AvgIpc) is 2.84. The van der Waals surface area contributed by atoms with Crippen LogP contribution in [0.2, 0.25) is 0 Å². The molecule has 1 aliphatic rings. The summed E-state index contributed by atoms with van der Waals surface area (Å²) in [4.78, 5) is 32.0. The van der Waals surface area contributed by atoms with Crippen molar-refractivity contribution in [2.75, 3.05) is 6.26 Å². The molecule has 0 spiro atoms. The SMILES string of the molecule is CS(=O)(=O)c1nc(C(=O)N[C@H]2CC[C@@H](c3ccccc3)CC2)c(OCc2ccccc2)c(=O)[nH]1. The van der Waals surface area contributed by atoms with Crippen LogP contribution < -0.4 is 15.6 Å². The predicted molar refractivity (Wildman–Crippen MR) is 128 cm³/mol. The number of ether oxygens (including phenoxy) is 1. The van der Waals surface area contributed by atoms with Gasteiger partial charge in [-0.1, -0.05) is 60.7 Å². The molecule has 178 valence electrons. The van der Waals surface area contributed by atoms with Crippen LogP contribution in [-0.4, -0.2) is 36.6 Å². The van der Waals surface area contributed by atoms with Gasteiger partial charge in [0, 0.05) is 12.3 Å². The second-order valence-corrected chi connectivity index (χ2v) is 10.5. The second-order valence-electron chi connectivity index (χ2n) is 8.53. The van der Waals surface area contributed by atoms with E-state index in [0.717, 1.165) is 37.5 Å². The summed E-state index contributed by atoms with van der Waals surface area (Å²) in [6.45, 7) is 0.0340. The highest BCUT2D eigenvalue weighted by Crippen LogP contribution is 2.32. The lowest BCUT2D eigenvalue weighted by Crippen LogP contribution is -2.39. The van der Waals surface area contributed by atoms with Crippen LogP contribution in [0.3, 0.4) is 0 Å². The van der Waals surface area contributed by atoms with Crippen molar-refractivity contribution in [2.45, 2.75) is 49.4 Å². The minimum absolute atomic E-state index is 0.0340. The van der Waals surface area contributed by atoms with Crippen LogP contribution in [0.25, 0.3) is 0 Å². The number of nitrogens with zero attached hydrogens (tertiary/aromatic N) is 1. The Hall–Kier alpha value is -3.46. The van der Waals surface area contributed by atoms with E-state index in [9.17, 15) is 18.0 Å². The number of hydrogen-bond donors (Lipinski definition) is 2. The number of nitrogens with one attached hydrogen (secondary N) is 2. The third-order valence-electron chi connectivity index (χ3n) is 5.98. The number of aromatic amines is 1. The molecule has 1 saturated carbocycles. The van der Waals surface area contributed by atoms with Crippen LogP contribution in [0, 0.1) is 0 Å². The van der Waals surface area contributed by atoms with Crippen molar-refractivity contribution in [1.82, 2.24) is 15.3 Å². The number of carbonyl (C=O) groups is 1. The highest BCUT2D eigenvalue weighted by Gasteiger charge is 2.28. The van der Waals surface area contributed by atoms with Gasteiger partial charge >= 0.3 is 0 Å². The molecule has 2 N–H and O–H groups in total. The summed E-state index contributed by atoms with van der Waals surface area (Å²) in [7, 11) is -3.84. The normalized spacial score (nSPS) is 18.3. The molecule has 0 atom stereocenters. The van der Waals surface area contributed by atoms with Gasteiger partial charge in [0.15, 0.2) is 5.69 Å². The van der Waals surface area contributed by atoms with Crippen LogP contribution >= 0.6 is 0 Å². The van der Waals surface area contributed by atoms with Crippen LogP contribution in [0.4, 0.5) is 0 Å². The molecule has 4 rings (SSSR count). The van der Waals surface area contributed by atoms with Gasteiger partial charge in [0.1, 0.15) is 6.61 Å². The second kappa shape index (κ2) is 10.2. The number of amides is 1. The molecule has 1 fully saturated rings. The largest absolute Gasteiger partial charge is 0.481 e. The highest BCUT2D eigenvalue weighted by molar-refractivity contribution is 7.90. The summed E-state index contributed by atoms with van der Waals surface area (Å²) < 4.78 is 29.7. The fourth-order valence-electron chi connectivity index (χ4n) is 4.18. The van der Waals surface area contributed by atoms with E-state index in [4.69, 9.17) is 4.74 Å². The summed E-state index contributed by atoms with van der Waals surface area (Å²) in [5.74, 6) is -0.484. The van der Waals surface area contributed by atoms with Crippen molar-refractivity contribution < 1.29 is 17.9 Å². The molecular formula is C25H27N3O5S. The lowest BCUT2D eigenvalue weighted by molar-refractivity contribution is 0.0914. The van der Waals surface area contributed by atoms with Crippen LogP contribution in [0.15, 0.2) is 70.6 Å². The Labute approximate surface area is 198 Å². The Morgan fingerprint density at radius 3 is 2.26 bits per heavy atom. The number of H-pyrrole nitrogens is 1. The quantitative estimate of drug-likeness (QED) is 0.500. The summed E-state index contributed by atoms with van der Waals surface area (Å²) in [5.41, 5.74) is 0.937. The molecule has 2 aromatic carbocycles. The van der Waals surface area contributed by atoms with E-state index in [0.29, 0.717) is 5.92 Å². The Morgan fingerprint density at radius 2 is 1.65 bits per heavy atom. The van der Waals surface area contributed by atoms with Gasteiger partial charge in [-0.05, 0) is 42.7 Å². The van der Waals surface area contributed by atoms with Crippen LogP contribution in [-0.2, 0) is 16.4 Å². The van der Waals surface area contributed by atoms with E-state index in [2.05, 4.69) is 27.4 Å². The molecule has 0 bridgehead atoms. The van der Waals surface area contributed by atoms with Gasteiger partial charge in [0.05, 0.1) is 0 Å². The monoisotopic (exact) mass is 481 g/mol. The van der Waals surface area contributed by atoms with E-state index in [1.54, 1.807) is 0 Å². The van der Waals surface area contributed by atoms with Gasteiger partial charge in [-0.15, -0.1) is 0 Å². The minimum atomic E-state index is -3.84. The fourth-order valence-corrected chi connectivity index (χ4v) is 4.72. The molecule has 0 saturated heterocycles. The van der Waals surface area contributed by atoms with Gasteiger partial charge in [0.25, 0.3) is 11.5 Å². The predicted octanol–water partition coefficient (Wildman–Crippen LogP) is 3.21. The first kappa shape index (κ1) is 23.7. The molecule has 0 unspecified atom stereocenters. The zero-order valence-electron chi connectivity index (χ0n) is 18.9. The number of rotatable bonds is 7. The number of benzene rings is 2. The molecule has 1 heterocycles. The number of carbonyl (C=O) groups excluding carboxylic acids is 1.